The molecular weight excluding hydrogens is 373 g/mol. The largest absolute Gasteiger partial charge is 0.493 e. The zero-order valence-electron chi connectivity index (χ0n) is 17.9. The maximum absolute atomic E-state index is 13.6. The third kappa shape index (κ3) is 5.76. The zero-order chi connectivity index (χ0) is 21.4. The molecule has 2 aromatic carbocycles. The van der Waals surface area contributed by atoms with E-state index in [1.807, 2.05) is 18.2 Å². The standard InChI is InChI=1S/C22H30FN3O3/c1-22(2,16-8-7-9-17(23)12-16)14-26-21(24-3)25-13-15-10-18(27-4)20(29-6)19(11-15)28-5/h7-12H,13-14H2,1-6H3,(H2,24,25,26). The summed E-state index contributed by atoms with van der Waals surface area (Å²) in [6, 6.07) is 10.4. The van der Waals surface area contributed by atoms with Crippen molar-refractivity contribution in [3.8, 4) is 17.2 Å². The molecule has 0 bridgehead atoms. The average molecular weight is 403 g/mol. The van der Waals surface area contributed by atoms with Gasteiger partial charge >= 0.3 is 0 Å². The number of benzene rings is 2. The number of nitrogens with zero attached hydrogens (tertiary/aromatic N) is 1. The van der Waals surface area contributed by atoms with E-state index in [1.165, 1.54) is 6.07 Å². The first kappa shape index (κ1) is 22.3. The number of aliphatic imine (C=N–C) groups is 1. The summed E-state index contributed by atoms with van der Waals surface area (Å²) in [6.45, 7) is 5.21. The second-order valence-corrected chi connectivity index (χ2v) is 7.21. The molecular formula is C22H30FN3O3. The van der Waals surface area contributed by atoms with Crippen molar-refractivity contribution in [1.29, 1.82) is 0 Å². The van der Waals surface area contributed by atoms with E-state index in [1.54, 1.807) is 40.5 Å². The topological polar surface area (TPSA) is 64.1 Å². The Morgan fingerprint density at radius 3 is 2.17 bits per heavy atom. The minimum absolute atomic E-state index is 0.236. The molecule has 29 heavy (non-hydrogen) atoms. The van der Waals surface area contributed by atoms with Gasteiger partial charge in [0.05, 0.1) is 21.3 Å². The van der Waals surface area contributed by atoms with Crippen LogP contribution in [0.2, 0.25) is 0 Å². The monoisotopic (exact) mass is 403 g/mol. The fourth-order valence-corrected chi connectivity index (χ4v) is 2.96. The molecule has 0 unspecified atom stereocenters. The SMILES string of the molecule is CN=C(NCc1cc(OC)c(OC)c(OC)c1)NCC(C)(C)c1cccc(F)c1. The normalized spacial score (nSPS) is 11.8. The Morgan fingerprint density at radius 1 is 1.00 bits per heavy atom. The lowest BCUT2D eigenvalue weighted by Gasteiger charge is -2.27. The lowest BCUT2D eigenvalue weighted by Crippen LogP contribution is -2.43. The van der Waals surface area contributed by atoms with Gasteiger partial charge in [-0.2, -0.15) is 0 Å². The summed E-state index contributed by atoms with van der Waals surface area (Å²) < 4.78 is 29.7. The quantitative estimate of drug-likeness (QED) is 0.522. The van der Waals surface area contributed by atoms with Crippen LogP contribution >= 0.6 is 0 Å². The fourth-order valence-electron chi connectivity index (χ4n) is 2.96. The van der Waals surface area contributed by atoms with Gasteiger partial charge in [-0.05, 0) is 35.4 Å². The summed E-state index contributed by atoms with van der Waals surface area (Å²) >= 11 is 0. The zero-order valence-corrected chi connectivity index (χ0v) is 17.9. The van der Waals surface area contributed by atoms with Gasteiger partial charge in [0.2, 0.25) is 5.75 Å². The molecule has 0 radical (unpaired) electrons. The molecule has 0 aliphatic rings. The van der Waals surface area contributed by atoms with Crippen LogP contribution in [0.1, 0.15) is 25.0 Å². The van der Waals surface area contributed by atoms with E-state index in [-0.39, 0.29) is 11.2 Å². The van der Waals surface area contributed by atoms with Gasteiger partial charge in [0, 0.05) is 25.6 Å². The van der Waals surface area contributed by atoms with E-state index in [0.29, 0.717) is 36.3 Å². The molecule has 7 heteroatoms. The Hall–Kier alpha value is -2.96. The van der Waals surface area contributed by atoms with E-state index in [2.05, 4.69) is 29.5 Å². The van der Waals surface area contributed by atoms with Crippen LogP contribution in [0, 0.1) is 5.82 Å². The van der Waals surface area contributed by atoms with Crippen LogP contribution in [0.3, 0.4) is 0 Å². The van der Waals surface area contributed by atoms with Crippen molar-refractivity contribution in [3.05, 3.63) is 53.3 Å². The highest BCUT2D eigenvalue weighted by Crippen LogP contribution is 2.38. The van der Waals surface area contributed by atoms with Gasteiger partial charge in [-0.25, -0.2) is 4.39 Å². The van der Waals surface area contributed by atoms with E-state index in [9.17, 15) is 4.39 Å². The van der Waals surface area contributed by atoms with E-state index in [4.69, 9.17) is 14.2 Å². The summed E-state index contributed by atoms with van der Waals surface area (Å²) in [6.07, 6.45) is 0. The molecule has 2 aromatic rings. The van der Waals surface area contributed by atoms with Crippen LogP contribution in [0.15, 0.2) is 41.4 Å². The minimum atomic E-state index is -0.272. The van der Waals surface area contributed by atoms with Gasteiger partial charge in [0.15, 0.2) is 17.5 Å². The molecule has 2 N–H and O–H groups in total. The molecule has 0 spiro atoms. The molecule has 0 fully saturated rings. The van der Waals surface area contributed by atoms with Gasteiger partial charge in [-0.1, -0.05) is 26.0 Å². The summed E-state index contributed by atoms with van der Waals surface area (Å²) in [4.78, 5) is 4.27. The van der Waals surface area contributed by atoms with Crippen LogP contribution in [0.4, 0.5) is 4.39 Å². The fraction of sp³-hybridized carbons (Fsp3) is 0.409. The molecule has 2 rings (SSSR count). The highest BCUT2D eigenvalue weighted by Gasteiger charge is 2.21. The van der Waals surface area contributed by atoms with Gasteiger partial charge in [0.25, 0.3) is 0 Å². The van der Waals surface area contributed by atoms with Crippen LogP contribution in [-0.2, 0) is 12.0 Å². The predicted octanol–water partition coefficient (Wildman–Crippen LogP) is 3.49. The maximum atomic E-state index is 13.6. The third-order valence-corrected chi connectivity index (χ3v) is 4.71. The van der Waals surface area contributed by atoms with Crippen molar-refractivity contribution >= 4 is 5.96 Å². The first-order chi connectivity index (χ1) is 13.8. The Morgan fingerprint density at radius 2 is 1.66 bits per heavy atom. The maximum Gasteiger partial charge on any atom is 0.203 e. The van der Waals surface area contributed by atoms with Crippen molar-refractivity contribution in [1.82, 2.24) is 10.6 Å². The number of nitrogens with one attached hydrogen (secondary N) is 2. The van der Waals surface area contributed by atoms with Crippen molar-refractivity contribution in [2.24, 2.45) is 4.99 Å². The second kappa shape index (κ2) is 10.0. The van der Waals surface area contributed by atoms with Crippen molar-refractivity contribution in [2.45, 2.75) is 25.8 Å². The average Bonchev–Trinajstić information content (AvgIpc) is 2.72. The highest BCUT2D eigenvalue weighted by molar-refractivity contribution is 5.79. The van der Waals surface area contributed by atoms with Gasteiger partial charge in [-0.3, -0.25) is 4.99 Å². The molecule has 0 aliphatic heterocycles. The number of ether oxygens (including phenoxy) is 3. The smallest absolute Gasteiger partial charge is 0.203 e. The van der Waals surface area contributed by atoms with E-state index < -0.39 is 0 Å². The number of hydrogen-bond acceptors (Lipinski definition) is 4. The lowest BCUT2D eigenvalue weighted by atomic mass is 9.84. The first-order valence-corrected chi connectivity index (χ1v) is 9.34. The van der Waals surface area contributed by atoms with Crippen molar-refractivity contribution in [2.75, 3.05) is 34.9 Å². The minimum Gasteiger partial charge on any atom is -0.493 e. The lowest BCUT2D eigenvalue weighted by molar-refractivity contribution is 0.323. The Balaban J connectivity index is 2.04. The molecule has 0 aliphatic carbocycles. The molecule has 158 valence electrons. The van der Waals surface area contributed by atoms with E-state index in [0.717, 1.165) is 11.1 Å². The molecule has 0 amide bonds. The van der Waals surface area contributed by atoms with Crippen LogP contribution in [-0.4, -0.2) is 40.9 Å². The third-order valence-electron chi connectivity index (χ3n) is 4.71. The molecule has 6 nitrogen and oxygen atoms in total. The summed E-state index contributed by atoms with van der Waals surface area (Å²) in [5.74, 6) is 2.15. The number of rotatable bonds is 8. The summed E-state index contributed by atoms with van der Waals surface area (Å²) in [5.41, 5.74) is 1.60. The van der Waals surface area contributed by atoms with Crippen molar-refractivity contribution < 1.29 is 18.6 Å². The Bertz CT molecular complexity index is 828. The summed E-state index contributed by atoms with van der Waals surface area (Å²) in [5, 5.41) is 6.58. The molecule has 0 saturated carbocycles. The van der Waals surface area contributed by atoms with Crippen LogP contribution in [0.25, 0.3) is 0 Å². The Labute approximate surface area is 172 Å². The van der Waals surface area contributed by atoms with E-state index >= 15 is 0 Å². The van der Waals surface area contributed by atoms with Crippen LogP contribution in [0.5, 0.6) is 17.2 Å². The Kier molecular flexibility index (Phi) is 7.70. The first-order valence-electron chi connectivity index (χ1n) is 9.34. The number of methoxy groups -OCH3 is 3. The summed E-state index contributed by atoms with van der Waals surface area (Å²) in [7, 11) is 6.46. The number of halogens is 1. The number of guanidine groups is 1. The molecule has 0 atom stereocenters. The molecule has 0 heterocycles. The van der Waals surface area contributed by atoms with Crippen molar-refractivity contribution in [3.63, 3.8) is 0 Å². The predicted molar refractivity (Wildman–Crippen MR) is 114 cm³/mol. The number of hydrogen-bond donors (Lipinski definition) is 2. The van der Waals surface area contributed by atoms with Gasteiger partial charge in [0.1, 0.15) is 5.82 Å². The molecule has 0 aromatic heterocycles. The van der Waals surface area contributed by atoms with Gasteiger partial charge < -0.3 is 24.8 Å². The van der Waals surface area contributed by atoms with Crippen LogP contribution < -0.4 is 24.8 Å². The second-order valence-electron chi connectivity index (χ2n) is 7.21. The van der Waals surface area contributed by atoms with Gasteiger partial charge in [-0.15, -0.1) is 0 Å². The molecule has 0 saturated heterocycles. The highest BCUT2D eigenvalue weighted by atomic mass is 19.1.